The molecule has 3 aromatic rings. The Balaban J connectivity index is 2.00. The molecule has 0 fully saturated rings. The van der Waals surface area contributed by atoms with Crippen LogP contribution in [-0.4, -0.2) is 36.1 Å². The standard InChI is InChI=1S/C19H19N3O5S/c1-5-13-8-14-18(28-13)20-10-22(19(14)24)21-9-12-6-15(25-3)17(27-11(2)23)16(7-12)26-4/h6-10H,5H2,1-4H3/b21-9-. The molecule has 9 heteroatoms. The summed E-state index contributed by atoms with van der Waals surface area (Å²) in [5.74, 6) is 0.302. The maximum Gasteiger partial charge on any atom is 0.308 e. The van der Waals surface area contributed by atoms with Crippen LogP contribution >= 0.6 is 11.3 Å². The molecule has 3 rings (SSSR count). The maximum absolute atomic E-state index is 12.6. The highest BCUT2D eigenvalue weighted by Gasteiger charge is 2.16. The Hall–Kier alpha value is -3.20. The van der Waals surface area contributed by atoms with Crippen molar-refractivity contribution in [3.8, 4) is 17.2 Å². The SMILES string of the molecule is CCc1cc2c(=O)n(/N=C\c3cc(OC)c(OC(C)=O)c(OC)c3)cnc2s1. The van der Waals surface area contributed by atoms with Crippen molar-refractivity contribution in [1.29, 1.82) is 0 Å². The van der Waals surface area contributed by atoms with E-state index in [0.717, 1.165) is 11.3 Å². The van der Waals surface area contributed by atoms with Crippen LogP contribution in [0.1, 0.15) is 24.3 Å². The number of methoxy groups -OCH3 is 2. The molecule has 2 aromatic heterocycles. The number of carbonyl (C=O) groups is 1. The lowest BCUT2D eigenvalue weighted by Crippen LogP contribution is -2.16. The fourth-order valence-corrected chi connectivity index (χ4v) is 3.49. The molecule has 0 aliphatic heterocycles. The van der Waals surface area contributed by atoms with Gasteiger partial charge in [-0.2, -0.15) is 9.78 Å². The number of ether oxygens (including phenoxy) is 3. The number of carbonyl (C=O) groups excluding carboxylic acids is 1. The molecular weight excluding hydrogens is 382 g/mol. The summed E-state index contributed by atoms with van der Waals surface area (Å²) in [6, 6.07) is 5.10. The van der Waals surface area contributed by atoms with E-state index in [4.69, 9.17) is 14.2 Å². The monoisotopic (exact) mass is 401 g/mol. The van der Waals surface area contributed by atoms with Gasteiger partial charge in [-0.05, 0) is 24.6 Å². The van der Waals surface area contributed by atoms with Gasteiger partial charge in [-0.1, -0.05) is 6.92 Å². The number of benzene rings is 1. The molecule has 146 valence electrons. The van der Waals surface area contributed by atoms with Crippen molar-refractivity contribution in [2.24, 2.45) is 5.10 Å². The number of fused-ring (bicyclic) bond motifs is 1. The van der Waals surface area contributed by atoms with Crippen LogP contribution in [0.2, 0.25) is 0 Å². The normalized spacial score (nSPS) is 11.1. The Kier molecular flexibility index (Phi) is 5.74. The number of thiophene rings is 1. The second kappa shape index (κ2) is 8.22. The molecule has 8 nitrogen and oxygen atoms in total. The summed E-state index contributed by atoms with van der Waals surface area (Å²) in [6.07, 6.45) is 3.71. The highest BCUT2D eigenvalue weighted by atomic mass is 32.1. The molecule has 0 radical (unpaired) electrons. The molecule has 0 spiro atoms. The fraction of sp³-hybridized carbons (Fsp3) is 0.263. The quantitative estimate of drug-likeness (QED) is 0.358. The molecule has 0 amide bonds. The van der Waals surface area contributed by atoms with Gasteiger partial charge in [0.1, 0.15) is 11.2 Å². The van der Waals surface area contributed by atoms with Gasteiger partial charge in [0.05, 0.1) is 25.8 Å². The van der Waals surface area contributed by atoms with Gasteiger partial charge in [-0.25, -0.2) is 4.98 Å². The van der Waals surface area contributed by atoms with Crippen LogP contribution in [0.15, 0.2) is 34.4 Å². The van der Waals surface area contributed by atoms with Crippen LogP contribution < -0.4 is 19.8 Å². The van der Waals surface area contributed by atoms with Crippen LogP contribution in [0.25, 0.3) is 10.2 Å². The van der Waals surface area contributed by atoms with Gasteiger partial charge in [-0.15, -0.1) is 11.3 Å². The largest absolute Gasteiger partial charge is 0.493 e. The molecule has 0 saturated heterocycles. The van der Waals surface area contributed by atoms with Gasteiger partial charge in [0, 0.05) is 17.4 Å². The Morgan fingerprint density at radius 1 is 1.25 bits per heavy atom. The molecule has 0 aliphatic carbocycles. The zero-order valence-corrected chi connectivity index (χ0v) is 16.7. The van der Waals surface area contributed by atoms with Crippen LogP contribution in [0.4, 0.5) is 0 Å². The number of aromatic nitrogens is 2. The van der Waals surface area contributed by atoms with Gasteiger partial charge in [-0.3, -0.25) is 9.59 Å². The zero-order chi connectivity index (χ0) is 20.3. The van der Waals surface area contributed by atoms with E-state index < -0.39 is 5.97 Å². The highest BCUT2D eigenvalue weighted by molar-refractivity contribution is 7.18. The fourth-order valence-electron chi connectivity index (χ4n) is 2.57. The molecule has 28 heavy (non-hydrogen) atoms. The third-order valence-corrected chi connectivity index (χ3v) is 5.08. The number of aryl methyl sites for hydroxylation is 1. The lowest BCUT2D eigenvalue weighted by atomic mass is 10.2. The van der Waals surface area contributed by atoms with Crippen molar-refractivity contribution in [1.82, 2.24) is 9.66 Å². The third kappa shape index (κ3) is 3.89. The summed E-state index contributed by atoms with van der Waals surface area (Å²) in [5, 5.41) is 4.75. The molecule has 0 unspecified atom stereocenters. The average Bonchev–Trinajstić information content (AvgIpc) is 3.12. The van der Waals surface area contributed by atoms with Crippen LogP contribution in [0.5, 0.6) is 17.2 Å². The molecule has 0 atom stereocenters. The minimum absolute atomic E-state index is 0.181. The second-order valence-electron chi connectivity index (χ2n) is 5.77. The third-order valence-electron chi connectivity index (χ3n) is 3.89. The van der Waals surface area contributed by atoms with Gasteiger partial charge in [0.2, 0.25) is 5.75 Å². The molecular formula is C19H19N3O5S. The highest BCUT2D eigenvalue weighted by Crippen LogP contribution is 2.38. The van der Waals surface area contributed by atoms with E-state index in [0.29, 0.717) is 27.3 Å². The lowest BCUT2D eigenvalue weighted by Gasteiger charge is -2.13. The van der Waals surface area contributed by atoms with Crippen molar-refractivity contribution in [2.45, 2.75) is 20.3 Å². The first kappa shape index (κ1) is 19.6. The molecule has 0 bridgehead atoms. The van der Waals surface area contributed by atoms with E-state index in [1.807, 2.05) is 13.0 Å². The average molecular weight is 401 g/mol. The predicted molar refractivity (Wildman–Crippen MR) is 107 cm³/mol. The number of nitrogens with zero attached hydrogens (tertiary/aromatic N) is 3. The Bertz CT molecular complexity index is 1090. The van der Waals surface area contributed by atoms with E-state index in [1.165, 1.54) is 49.7 Å². The summed E-state index contributed by atoms with van der Waals surface area (Å²) >= 11 is 1.50. The molecule has 0 N–H and O–H groups in total. The number of hydrogen-bond donors (Lipinski definition) is 0. The van der Waals surface area contributed by atoms with Gasteiger partial charge >= 0.3 is 5.97 Å². The summed E-state index contributed by atoms with van der Waals surface area (Å²) in [6.45, 7) is 3.32. The van der Waals surface area contributed by atoms with Crippen LogP contribution in [0.3, 0.4) is 0 Å². The van der Waals surface area contributed by atoms with Crippen molar-refractivity contribution in [2.75, 3.05) is 14.2 Å². The van der Waals surface area contributed by atoms with E-state index >= 15 is 0 Å². The number of hydrogen-bond acceptors (Lipinski definition) is 8. The lowest BCUT2D eigenvalue weighted by molar-refractivity contribution is -0.132. The van der Waals surface area contributed by atoms with Gasteiger partial charge < -0.3 is 14.2 Å². The van der Waals surface area contributed by atoms with Crippen molar-refractivity contribution in [3.05, 3.63) is 45.3 Å². The van der Waals surface area contributed by atoms with Gasteiger partial charge in [0.25, 0.3) is 5.56 Å². The van der Waals surface area contributed by atoms with E-state index in [1.54, 1.807) is 12.1 Å². The first-order chi connectivity index (χ1) is 13.5. The van der Waals surface area contributed by atoms with E-state index in [-0.39, 0.29) is 11.3 Å². The minimum Gasteiger partial charge on any atom is -0.493 e. The Morgan fingerprint density at radius 2 is 1.93 bits per heavy atom. The number of esters is 1. The predicted octanol–water partition coefficient (Wildman–Crippen LogP) is 2.85. The Labute approximate surface area is 165 Å². The van der Waals surface area contributed by atoms with Crippen LogP contribution in [0, 0.1) is 0 Å². The molecule has 0 aliphatic rings. The van der Waals surface area contributed by atoms with E-state index in [9.17, 15) is 9.59 Å². The first-order valence-electron chi connectivity index (χ1n) is 8.45. The summed E-state index contributed by atoms with van der Waals surface area (Å²) in [5.41, 5.74) is 0.351. The topological polar surface area (TPSA) is 92.0 Å². The number of rotatable bonds is 6. The maximum atomic E-state index is 12.6. The molecule has 1 aromatic carbocycles. The molecule has 2 heterocycles. The van der Waals surface area contributed by atoms with Crippen molar-refractivity contribution in [3.63, 3.8) is 0 Å². The second-order valence-corrected chi connectivity index (χ2v) is 6.89. The van der Waals surface area contributed by atoms with Crippen molar-refractivity contribution >= 4 is 33.7 Å². The Morgan fingerprint density at radius 3 is 2.50 bits per heavy atom. The first-order valence-corrected chi connectivity index (χ1v) is 9.27. The van der Waals surface area contributed by atoms with Gasteiger partial charge in [0.15, 0.2) is 11.5 Å². The zero-order valence-electron chi connectivity index (χ0n) is 15.9. The smallest absolute Gasteiger partial charge is 0.308 e. The van der Waals surface area contributed by atoms with Crippen LogP contribution in [-0.2, 0) is 11.2 Å². The summed E-state index contributed by atoms with van der Waals surface area (Å²) in [4.78, 5) is 30.0. The van der Waals surface area contributed by atoms with E-state index in [2.05, 4.69) is 10.1 Å². The van der Waals surface area contributed by atoms with Crippen molar-refractivity contribution < 1.29 is 19.0 Å². The summed E-state index contributed by atoms with van der Waals surface area (Å²) < 4.78 is 16.9. The molecule has 0 saturated carbocycles. The summed E-state index contributed by atoms with van der Waals surface area (Å²) in [7, 11) is 2.90. The minimum atomic E-state index is -0.494.